The third-order valence-electron chi connectivity index (χ3n) is 5.46. The average Bonchev–Trinajstić information content (AvgIpc) is 3.20. The van der Waals surface area contributed by atoms with Gasteiger partial charge in [0.15, 0.2) is 5.13 Å². The van der Waals surface area contributed by atoms with Crippen LogP contribution >= 0.6 is 11.3 Å². The molecular weight excluding hydrogens is 408 g/mol. The number of rotatable bonds is 5. The summed E-state index contributed by atoms with van der Waals surface area (Å²) >= 11 is 1.43. The fraction of sp³-hybridized carbons (Fsp3) is 0.250. The molecule has 1 aliphatic heterocycles. The molecule has 3 aromatic rings. The minimum atomic E-state index is -0.263. The molecule has 0 fully saturated rings. The van der Waals surface area contributed by atoms with E-state index in [0.717, 1.165) is 22.4 Å². The number of anilines is 1. The third kappa shape index (κ3) is 4.81. The second kappa shape index (κ2) is 9.11. The minimum absolute atomic E-state index is 0.0220. The number of hydrogen-bond donors (Lipinski definition) is 1. The van der Waals surface area contributed by atoms with Crippen LogP contribution in [0.15, 0.2) is 54.7 Å². The van der Waals surface area contributed by atoms with Crippen LogP contribution in [0, 0.1) is 11.3 Å². The maximum atomic E-state index is 12.8. The van der Waals surface area contributed by atoms with Crippen molar-refractivity contribution in [1.82, 2.24) is 9.88 Å². The van der Waals surface area contributed by atoms with E-state index in [0.29, 0.717) is 23.7 Å². The molecule has 4 rings (SSSR count). The lowest BCUT2D eigenvalue weighted by atomic mass is 9.90. The van der Waals surface area contributed by atoms with Gasteiger partial charge in [-0.05, 0) is 35.2 Å². The van der Waals surface area contributed by atoms with E-state index in [9.17, 15) is 9.59 Å². The lowest BCUT2D eigenvalue weighted by Crippen LogP contribution is -2.40. The van der Waals surface area contributed by atoms with Crippen LogP contribution in [0.3, 0.4) is 0 Å². The molecule has 1 N–H and O–H groups in total. The molecule has 7 heteroatoms. The number of carbonyl (C=O) groups excluding carboxylic acids is 2. The van der Waals surface area contributed by atoms with Crippen LogP contribution in [-0.2, 0) is 22.4 Å². The highest BCUT2D eigenvalue weighted by Gasteiger charge is 2.30. The number of hydrogen-bond acceptors (Lipinski definition) is 5. The highest BCUT2D eigenvalue weighted by molar-refractivity contribution is 7.15. The molecule has 1 unspecified atom stereocenters. The zero-order valence-electron chi connectivity index (χ0n) is 17.2. The Morgan fingerprint density at radius 2 is 2.00 bits per heavy atom. The van der Waals surface area contributed by atoms with Crippen LogP contribution in [0.25, 0.3) is 0 Å². The first-order valence-electron chi connectivity index (χ1n) is 10.1. The van der Waals surface area contributed by atoms with Gasteiger partial charge in [0.1, 0.15) is 0 Å². The van der Waals surface area contributed by atoms with Gasteiger partial charge in [-0.1, -0.05) is 36.4 Å². The van der Waals surface area contributed by atoms with Gasteiger partial charge >= 0.3 is 0 Å². The first-order chi connectivity index (χ1) is 15.0. The maximum Gasteiger partial charge on any atom is 0.228 e. The molecular formula is C24H22N4O2S. The summed E-state index contributed by atoms with van der Waals surface area (Å²) < 4.78 is 0. The Morgan fingerprint density at radius 1 is 1.23 bits per heavy atom. The molecule has 0 bridgehead atoms. The molecule has 2 amide bonds. The first kappa shape index (κ1) is 20.8. The van der Waals surface area contributed by atoms with Crippen molar-refractivity contribution in [3.8, 4) is 6.07 Å². The summed E-state index contributed by atoms with van der Waals surface area (Å²) in [5.74, 6) is -0.182. The average molecular weight is 431 g/mol. The molecule has 6 nitrogen and oxygen atoms in total. The van der Waals surface area contributed by atoms with Crippen molar-refractivity contribution in [3.05, 3.63) is 81.9 Å². The summed E-state index contributed by atoms with van der Waals surface area (Å²) in [6.45, 7) is 2.17. The monoisotopic (exact) mass is 430 g/mol. The Balaban J connectivity index is 1.42. The van der Waals surface area contributed by atoms with Gasteiger partial charge in [0, 0.05) is 31.0 Å². The molecule has 1 aromatic heterocycles. The zero-order chi connectivity index (χ0) is 21.8. The number of nitrogens with zero attached hydrogens (tertiary/aromatic N) is 3. The van der Waals surface area contributed by atoms with Crippen molar-refractivity contribution in [2.75, 3.05) is 11.9 Å². The standard InChI is InChI=1S/C24H22N4O2S/c1-16(29)28-11-10-19-4-2-3-5-21(19)22(28)13-23(30)27-24-26-15-20(31-24)12-17-6-8-18(14-25)9-7-17/h2-9,15,22H,10-13H2,1H3,(H,26,27,30). The first-order valence-corrected chi connectivity index (χ1v) is 10.9. The number of fused-ring (bicyclic) bond motifs is 1. The van der Waals surface area contributed by atoms with Gasteiger partial charge in [-0.15, -0.1) is 11.3 Å². The fourth-order valence-corrected chi connectivity index (χ4v) is 4.80. The number of carbonyl (C=O) groups is 2. The Hall–Kier alpha value is -3.50. The Bertz CT molecular complexity index is 1150. The summed E-state index contributed by atoms with van der Waals surface area (Å²) in [5, 5.41) is 12.3. The van der Waals surface area contributed by atoms with Crippen molar-refractivity contribution >= 4 is 28.3 Å². The number of thiazole rings is 1. The topological polar surface area (TPSA) is 86.1 Å². The Labute approximate surface area is 185 Å². The lowest BCUT2D eigenvalue weighted by molar-refractivity contribution is -0.132. The quantitative estimate of drug-likeness (QED) is 0.661. The van der Waals surface area contributed by atoms with Crippen LogP contribution in [0.1, 0.15) is 46.5 Å². The molecule has 0 radical (unpaired) electrons. The summed E-state index contributed by atoms with van der Waals surface area (Å²) in [6, 6.07) is 17.3. The zero-order valence-corrected chi connectivity index (χ0v) is 18.0. The van der Waals surface area contributed by atoms with Gasteiger partial charge < -0.3 is 10.2 Å². The summed E-state index contributed by atoms with van der Waals surface area (Å²) in [4.78, 5) is 32.1. The normalized spacial score (nSPS) is 15.1. The second-order valence-corrected chi connectivity index (χ2v) is 8.66. The minimum Gasteiger partial charge on any atom is -0.335 e. The van der Waals surface area contributed by atoms with E-state index in [-0.39, 0.29) is 24.3 Å². The van der Waals surface area contributed by atoms with E-state index in [1.165, 1.54) is 16.9 Å². The van der Waals surface area contributed by atoms with Crippen molar-refractivity contribution in [1.29, 1.82) is 5.26 Å². The molecule has 1 atom stereocenters. The summed E-state index contributed by atoms with van der Waals surface area (Å²) in [5.41, 5.74) is 3.94. The predicted octanol–water partition coefficient (Wildman–Crippen LogP) is 4.08. The maximum absolute atomic E-state index is 12.8. The number of nitrogens with one attached hydrogen (secondary N) is 1. The fourth-order valence-electron chi connectivity index (χ4n) is 3.94. The number of amides is 2. The second-order valence-electron chi connectivity index (χ2n) is 7.55. The molecule has 2 aromatic carbocycles. The van der Waals surface area contributed by atoms with E-state index in [1.807, 2.05) is 30.3 Å². The van der Waals surface area contributed by atoms with E-state index in [2.05, 4.69) is 22.4 Å². The molecule has 31 heavy (non-hydrogen) atoms. The van der Waals surface area contributed by atoms with Crippen LogP contribution in [0.2, 0.25) is 0 Å². The van der Waals surface area contributed by atoms with Gasteiger partial charge in [0.2, 0.25) is 11.8 Å². The van der Waals surface area contributed by atoms with Crippen LogP contribution in [0.4, 0.5) is 5.13 Å². The molecule has 0 aliphatic carbocycles. The van der Waals surface area contributed by atoms with Gasteiger partial charge in [0.25, 0.3) is 0 Å². The summed E-state index contributed by atoms with van der Waals surface area (Å²) in [6.07, 6.45) is 3.45. The van der Waals surface area contributed by atoms with E-state index >= 15 is 0 Å². The van der Waals surface area contributed by atoms with Gasteiger partial charge in [-0.3, -0.25) is 9.59 Å². The largest absolute Gasteiger partial charge is 0.335 e. The number of nitriles is 1. The van der Waals surface area contributed by atoms with Gasteiger partial charge in [0.05, 0.1) is 24.1 Å². The number of benzene rings is 2. The van der Waals surface area contributed by atoms with Gasteiger partial charge in [-0.25, -0.2) is 4.98 Å². The molecule has 0 spiro atoms. The van der Waals surface area contributed by atoms with Crippen LogP contribution < -0.4 is 5.32 Å². The van der Waals surface area contributed by atoms with Crippen LogP contribution in [0.5, 0.6) is 0 Å². The van der Waals surface area contributed by atoms with E-state index in [1.54, 1.807) is 30.2 Å². The SMILES string of the molecule is CC(=O)N1CCc2ccccc2C1CC(=O)Nc1ncc(Cc2ccc(C#N)cc2)s1. The van der Waals surface area contributed by atoms with E-state index < -0.39 is 0 Å². The molecule has 0 saturated heterocycles. The van der Waals surface area contributed by atoms with Crippen molar-refractivity contribution in [2.45, 2.75) is 32.2 Å². The van der Waals surface area contributed by atoms with Gasteiger partial charge in [-0.2, -0.15) is 5.26 Å². The number of aromatic nitrogens is 1. The van der Waals surface area contributed by atoms with Crippen molar-refractivity contribution in [3.63, 3.8) is 0 Å². The molecule has 156 valence electrons. The third-order valence-corrected chi connectivity index (χ3v) is 6.37. The van der Waals surface area contributed by atoms with Crippen LogP contribution in [-0.4, -0.2) is 28.2 Å². The Kier molecular flexibility index (Phi) is 6.10. The Morgan fingerprint density at radius 3 is 2.74 bits per heavy atom. The molecule has 2 heterocycles. The highest BCUT2D eigenvalue weighted by Crippen LogP contribution is 2.33. The highest BCUT2D eigenvalue weighted by atomic mass is 32.1. The predicted molar refractivity (Wildman–Crippen MR) is 120 cm³/mol. The summed E-state index contributed by atoms with van der Waals surface area (Å²) in [7, 11) is 0. The van der Waals surface area contributed by atoms with Crippen molar-refractivity contribution in [2.24, 2.45) is 0 Å². The van der Waals surface area contributed by atoms with Crippen molar-refractivity contribution < 1.29 is 9.59 Å². The lowest BCUT2D eigenvalue weighted by Gasteiger charge is -2.36. The molecule has 1 aliphatic rings. The van der Waals surface area contributed by atoms with E-state index in [4.69, 9.17) is 5.26 Å². The molecule has 0 saturated carbocycles. The smallest absolute Gasteiger partial charge is 0.228 e.